The molecule has 0 unspecified atom stereocenters. The van der Waals surface area contributed by atoms with E-state index < -0.39 is 5.97 Å². The van der Waals surface area contributed by atoms with Gasteiger partial charge in [-0.05, 0) is 19.1 Å². The molecule has 1 aromatic heterocycles. The van der Waals surface area contributed by atoms with Crippen molar-refractivity contribution in [3.8, 4) is 0 Å². The predicted molar refractivity (Wildman–Crippen MR) is 72.7 cm³/mol. The lowest BCUT2D eigenvalue weighted by Crippen LogP contribution is -2.10. The second kappa shape index (κ2) is 5.18. The Bertz CT molecular complexity index is 548. The van der Waals surface area contributed by atoms with Crippen molar-refractivity contribution in [3.05, 3.63) is 40.9 Å². The van der Waals surface area contributed by atoms with Gasteiger partial charge in [0.25, 0.3) is 0 Å². The molecule has 0 spiro atoms. The zero-order chi connectivity index (χ0) is 13.1. The number of carbonyl (C=O) groups excluding carboxylic acids is 1. The number of hydrogen-bond donors (Lipinski definition) is 0. The molecule has 2 rings (SSSR count). The van der Waals surface area contributed by atoms with E-state index in [-0.39, 0.29) is 0 Å². The summed E-state index contributed by atoms with van der Waals surface area (Å²) in [7, 11) is 3.27. The van der Waals surface area contributed by atoms with Crippen LogP contribution in [-0.4, -0.2) is 25.1 Å². The Morgan fingerprint density at radius 3 is 2.61 bits per heavy atom. The van der Waals surface area contributed by atoms with E-state index in [1.807, 2.05) is 43.1 Å². The van der Waals surface area contributed by atoms with Crippen LogP contribution in [0.15, 0.2) is 29.6 Å². The summed E-state index contributed by atoms with van der Waals surface area (Å²) in [4.78, 5) is 17.5. The number of anilines is 2. The molecule has 0 atom stereocenters. The molecule has 0 bridgehead atoms. The van der Waals surface area contributed by atoms with Crippen LogP contribution < -0.4 is 4.90 Å². The van der Waals surface area contributed by atoms with Gasteiger partial charge in [-0.1, -0.05) is 17.7 Å². The molecule has 0 saturated carbocycles. The van der Waals surface area contributed by atoms with Gasteiger partial charge in [-0.25, -0.2) is 9.78 Å². The number of methoxy groups -OCH3 is 1. The van der Waals surface area contributed by atoms with E-state index in [0.717, 1.165) is 10.8 Å². The molecule has 94 valence electrons. The summed E-state index contributed by atoms with van der Waals surface area (Å²) < 4.78 is 4.64. The quantitative estimate of drug-likeness (QED) is 0.797. The molecule has 2 aromatic rings. The number of hydrogen-bond acceptors (Lipinski definition) is 5. The van der Waals surface area contributed by atoms with Gasteiger partial charge < -0.3 is 9.64 Å². The van der Waals surface area contributed by atoms with Gasteiger partial charge in [0.15, 0.2) is 10.8 Å². The van der Waals surface area contributed by atoms with Crippen LogP contribution in [0.4, 0.5) is 10.8 Å². The number of aromatic nitrogens is 1. The third kappa shape index (κ3) is 2.51. The Morgan fingerprint density at radius 1 is 1.33 bits per heavy atom. The molecule has 1 aromatic carbocycles. The molecule has 4 nitrogen and oxygen atoms in total. The highest BCUT2D eigenvalue weighted by molar-refractivity contribution is 7.14. The van der Waals surface area contributed by atoms with Crippen molar-refractivity contribution in [3.63, 3.8) is 0 Å². The first-order chi connectivity index (χ1) is 8.61. The Balaban J connectivity index is 2.23. The molecule has 1 heterocycles. The predicted octanol–water partition coefficient (Wildman–Crippen LogP) is 3.01. The lowest BCUT2D eigenvalue weighted by atomic mass is 10.2. The number of nitrogens with zero attached hydrogens (tertiary/aromatic N) is 2. The minimum absolute atomic E-state index is 0.344. The molecular formula is C13H14N2O2S. The maximum absolute atomic E-state index is 11.3. The Labute approximate surface area is 110 Å². The van der Waals surface area contributed by atoms with E-state index >= 15 is 0 Å². The minimum atomic E-state index is -0.408. The van der Waals surface area contributed by atoms with Crippen molar-refractivity contribution < 1.29 is 9.53 Å². The summed E-state index contributed by atoms with van der Waals surface area (Å²) >= 11 is 1.41. The summed E-state index contributed by atoms with van der Waals surface area (Å²) in [6.45, 7) is 2.04. The highest BCUT2D eigenvalue weighted by Gasteiger charge is 2.13. The van der Waals surface area contributed by atoms with Crippen molar-refractivity contribution in [2.75, 3.05) is 19.1 Å². The fourth-order valence-corrected chi connectivity index (χ4v) is 2.28. The molecule has 0 amide bonds. The normalized spacial score (nSPS) is 10.2. The Hall–Kier alpha value is -1.88. The van der Waals surface area contributed by atoms with Gasteiger partial charge in [-0.2, -0.15) is 0 Å². The second-order valence-electron chi connectivity index (χ2n) is 3.90. The van der Waals surface area contributed by atoms with Crippen LogP contribution in [0.5, 0.6) is 0 Å². The van der Waals surface area contributed by atoms with Crippen LogP contribution in [0, 0.1) is 6.92 Å². The smallest absolute Gasteiger partial charge is 0.357 e. The van der Waals surface area contributed by atoms with Gasteiger partial charge >= 0.3 is 5.97 Å². The number of aryl methyl sites for hydroxylation is 1. The minimum Gasteiger partial charge on any atom is -0.464 e. The molecule has 5 heteroatoms. The zero-order valence-corrected chi connectivity index (χ0v) is 11.3. The number of ether oxygens (including phenoxy) is 1. The van der Waals surface area contributed by atoms with E-state index in [4.69, 9.17) is 0 Å². The number of benzene rings is 1. The molecule has 0 saturated heterocycles. The zero-order valence-electron chi connectivity index (χ0n) is 10.5. The summed E-state index contributed by atoms with van der Waals surface area (Å²) in [5.41, 5.74) is 2.59. The van der Waals surface area contributed by atoms with Crippen LogP contribution in [-0.2, 0) is 4.74 Å². The monoisotopic (exact) mass is 262 g/mol. The first kappa shape index (κ1) is 12.6. The second-order valence-corrected chi connectivity index (χ2v) is 4.74. The summed E-state index contributed by atoms with van der Waals surface area (Å²) in [6.07, 6.45) is 0. The lowest BCUT2D eigenvalue weighted by Gasteiger charge is -2.15. The number of rotatable bonds is 3. The fraction of sp³-hybridized carbons (Fsp3) is 0.231. The average Bonchev–Trinajstić information content (AvgIpc) is 2.87. The Kier molecular flexibility index (Phi) is 3.62. The molecule has 0 radical (unpaired) electrons. The molecule has 18 heavy (non-hydrogen) atoms. The van der Waals surface area contributed by atoms with E-state index in [9.17, 15) is 4.79 Å². The van der Waals surface area contributed by atoms with E-state index in [1.54, 1.807) is 5.38 Å². The van der Waals surface area contributed by atoms with Crippen molar-refractivity contribution >= 4 is 28.1 Å². The highest BCUT2D eigenvalue weighted by atomic mass is 32.1. The Morgan fingerprint density at radius 2 is 2.00 bits per heavy atom. The average molecular weight is 262 g/mol. The van der Waals surface area contributed by atoms with Gasteiger partial charge in [-0.3, -0.25) is 0 Å². The molecule has 0 aliphatic rings. The summed E-state index contributed by atoms with van der Waals surface area (Å²) in [6, 6.07) is 8.13. The van der Waals surface area contributed by atoms with Crippen molar-refractivity contribution in [1.82, 2.24) is 4.98 Å². The van der Waals surface area contributed by atoms with E-state index in [1.165, 1.54) is 24.0 Å². The highest BCUT2D eigenvalue weighted by Crippen LogP contribution is 2.27. The SMILES string of the molecule is COC(=O)c1csc(N(C)c2ccc(C)cc2)n1. The maximum atomic E-state index is 11.3. The summed E-state index contributed by atoms with van der Waals surface area (Å²) in [5.74, 6) is -0.408. The largest absolute Gasteiger partial charge is 0.464 e. The van der Waals surface area contributed by atoms with Gasteiger partial charge in [0.1, 0.15) is 0 Å². The first-order valence-corrected chi connectivity index (χ1v) is 6.34. The topological polar surface area (TPSA) is 42.4 Å². The maximum Gasteiger partial charge on any atom is 0.357 e. The lowest BCUT2D eigenvalue weighted by molar-refractivity contribution is 0.0595. The van der Waals surface area contributed by atoms with E-state index in [0.29, 0.717) is 5.69 Å². The standard InChI is InChI=1S/C13H14N2O2S/c1-9-4-6-10(7-5-9)15(2)13-14-11(8-18-13)12(16)17-3/h4-8H,1-3H3. The fourth-order valence-electron chi connectivity index (χ4n) is 1.50. The number of carbonyl (C=O) groups is 1. The molecule has 0 fully saturated rings. The van der Waals surface area contributed by atoms with Crippen molar-refractivity contribution in [1.29, 1.82) is 0 Å². The van der Waals surface area contributed by atoms with Crippen LogP contribution in [0.1, 0.15) is 16.1 Å². The first-order valence-electron chi connectivity index (χ1n) is 5.46. The van der Waals surface area contributed by atoms with Crippen LogP contribution >= 0.6 is 11.3 Å². The van der Waals surface area contributed by atoms with Crippen LogP contribution in [0.25, 0.3) is 0 Å². The molecular weight excluding hydrogens is 248 g/mol. The van der Waals surface area contributed by atoms with Gasteiger partial charge in [0.2, 0.25) is 0 Å². The van der Waals surface area contributed by atoms with Crippen LogP contribution in [0.2, 0.25) is 0 Å². The third-order valence-corrected chi connectivity index (χ3v) is 3.51. The molecule has 0 N–H and O–H groups in total. The van der Waals surface area contributed by atoms with Crippen molar-refractivity contribution in [2.45, 2.75) is 6.92 Å². The van der Waals surface area contributed by atoms with Gasteiger partial charge in [-0.15, -0.1) is 11.3 Å². The third-order valence-electron chi connectivity index (χ3n) is 2.59. The number of esters is 1. The van der Waals surface area contributed by atoms with Crippen LogP contribution in [0.3, 0.4) is 0 Å². The molecule has 0 aliphatic carbocycles. The molecule has 0 aliphatic heterocycles. The summed E-state index contributed by atoms with van der Waals surface area (Å²) in [5, 5.41) is 2.46. The van der Waals surface area contributed by atoms with Gasteiger partial charge in [0.05, 0.1) is 7.11 Å². The number of thiazole rings is 1. The van der Waals surface area contributed by atoms with E-state index in [2.05, 4.69) is 9.72 Å². The van der Waals surface area contributed by atoms with Crippen molar-refractivity contribution in [2.24, 2.45) is 0 Å². The van der Waals surface area contributed by atoms with Gasteiger partial charge in [0, 0.05) is 18.1 Å².